The number of benzene rings is 2. The number of hydrogen-bond donors (Lipinski definition) is 0. The standard InChI is InChI=1S/C24H33N3O3S/c28-31(29,24-11-3-1-4-12-24)27-18-16-26(17-19-27)22-9-7-10-23(21-22)30-20-8-15-25-13-5-2-6-14-25/h1,3-4,7,9-12,21H,2,5-6,8,13-20H2. The topological polar surface area (TPSA) is 53.1 Å². The van der Waals surface area contributed by atoms with E-state index in [2.05, 4.69) is 21.9 Å². The Hall–Kier alpha value is -2.09. The van der Waals surface area contributed by atoms with Gasteiger partial charge in [-0.15, -0.1) is 0 Å². The highest BCUT2D eigenvalue weighted by Gasteiger charge is 2.28. The second kappa shape index (κ2) is 10.5. The van der Waals surface area contributed by atoms with Crippen molar-refractivity contribution in [3.05, 3.63) is 54.6 Å². The number of nitrogens with zero attached hydrogens (tertiary/aromatic N) is 3. The van der Waals surface area contributed by atoms with Gasteiger partial charge in [0.15, 0.2) is 0 Å². The predicted octanol–water partition coefficient (Wildman–Crippen LogP) is 3.45. The summed E-state index contributed by atoms with van der Waals surface area (Å²) in [6, 6.07) is 16.8. The lowest BCUT2D eigenvalue weighted by Gasteiger charge is -2.35. The molecule has 2 aliphatic rings. The molecule has 0 bridgehead atoms. The van der Waals surface area contributed by atoms with Crippen molar-refractivity contribution in [3.8, 4) is 5.75 Å². The third-order valence-electron chi connectivity index (χ3n) is 6.14. The summed E-state index contributed by atoms with van der Waals surface area (Å²) in [5.74, 6) is 0.885. The Bertz CT molecular complexity index is 922. The molecule has 0 aliphatic carbocycles. The lowest BCUT2D eigenvalue weighted by Crippen LogP contribution is -2.48. The molecule has 0 radical (unpaired) electrons. The van der Waals surface area contributed by atoms with Gasteiger partial charge < -0.3 is 14.5 Å². The molecule has 0 N–H and O–H groups in total. The Morgan fingerprint density at radius 3 is 2.29 bits per heavy atom. The average molecular weight is 444 g/mol. The van der Waals surface area contributed by atoms with Gasteiger partial charge in [-0.05, 0) is 56.6 Å². The van der Waals surface area contributed by atoms with Crippen molar-refractivity contribution >= 4 is 15.7 Å². The Balaban J connectivity index is 1.27. The van der Waals surface area contributed by atoms with Gasteiger partial charge in [0.1, 0.15) is 5.75 Å². The van der Waals surface area contributed by atoms with E-state index in [1.807, 2.05) is 18.2 Å². The minimum atomic E-state index is -3.42. The van der Waals surface area contributed by atoms with Crippen molar-refractivity contribution in [2.45, 2.75) is 30.6 Å². The highest BCUT2D eigenvalue weighted by Crippen LogP contribution is 2.24. The fourth-order valence-corrected chi connectivity index (χ4v) is 5.80. The van der Waals surface area contributed by atoms with Gasteiger partial charge in [0.05, 0.1) is 11.5 Å². The van der Waals surface area contributed by atoms with Crippen molar-refractivity contribution in [1.29, 1.82) is 0 Å². The van der Waals surface area contributed by atoms with Crippen LogP contribution in [0.2, 0.25) is 0 Å². The van der Waals surface area contributed by atoms with Crippen molar-refractivity contribution in [3.63, 3.8) is 0 Å². The van der Waals surface area contributed by atoms with Gasteiger partial charge in [-0.2, -0.15) is 4.31 Å². The number of sulfonamides is 1. The summed E-state index contributed by atoms with van der Waals surface area (Å²) in [7, 11) is -3.42. The molecule has 7 heteroatoms. The molecule has 31 heavy (non-hydrogen) atoms. The second-order valence-corrected chi connectivity index (χ2v) is 10.2. The monoisotopic (exact) mass is 443 g/mol. The molecule has 0 aromatic heterocycles. The lowest BCUT2D eigenvalue weighted by atomic mass is 10.1. The first-order valence-corrected chi connectivity index (χ1v) is 12.8. The molecular formula is C24H33N3O3S. The Morgan fingerprint density at radius 2 is 1.55 bits per heavy atom. The molecular weight excluding hydrogens is 410 g/mol. The molecule has 168 valence electrons. The molecule has 2 aromatic carbocycles. The van der Waals surface area contributed by atoms with Crippen LogP contribution < -0.4 is 9.64 Å². The summed E-state index contributed by atoms with van der Waals surface area (Å²) in [4.78, 5) is 5.13. The summed E-state index contributed by atoms with van der Waals surface area (Å²) in [5.41, 5.74) is 1.09. The largest absolute Gasteiger partial charge is 0.493 e. The number of ether oxygens (including phenoxy) is 1. The zero-order valence-corrected chi connectivity index (χ0v) is 19.0. The second-order valence-electron chi connectivity index (χ2n) is 8.31. The van der Waals surface area contributed by atoms with Crippen LogP contribution in [0.25, 0.3) is 0 Å². The summed E-state index contributed by atoms with van der Waals surface area (Å²) >= 11 is 0. The van der Waals surface area contributed by atoms with Crippen LogP contribution in [0.1, 0.15) is 25.7 Å². The van der Waals surface area contributed by atoms with Crippen LogP contribution in [0.3, 0.4) is 0 Å². The van der Waals surface area contributed by atoms with E-state index in [0.717, 1.165) is 31.0 Å². The fourth-order valence-electron chi connectivity index (χ4n) is 4.36. The van der Waals surface area contributed by atoms with Crippen LogP contribution in [0, 0.1) is 0 Å². The van der Waals surface area contributed by atoms with Crippen LogP contribution in [0.5, 0.6) is 5.75 Å². The number of piperidine rings is 1. The predicted molar refractivity (Wildman–Crippen MR) is 124 cm³/mol. The zero-order chi connectivity index (χ0) is 21.5. The molecule has 0 amide bonds. The Kier molecular flexibility index (Phi) is 7.48. The van der Waals surface area contributed by atoms with E-state index in [-0.39, 0.29) is 0 Å². The maximum absolute atomic E-state index is 12.8. The Morgan fingerprint density at radius 1 is 0.806 bits per heavy atom. The van der Waals surface area contributed by atoms with Crippen molar-refractivity contribution in [2.75, 3.05) is 57.3 Å². The van der Waals surface area contributed by atoms with Crippen LogP contribution in [0.15, 0.2) is 59.5 Å². The first kappa shape index (κ1) is 22.1. The normalized spacial score (nSPS) is 18.8. The lowest BCUT2D eigenvalue weighted by molar-refractivity contribution is 0.205. The van der Waals surface area contributed by atoms with E-state index in [9.17, 15) is 8.42 Å². The first-order chi connectivity index (χ1) is 15.1. The smallest absolute Gasteiger partial charge is 0.243 e. The Labute approximate surface area is 186 Å². The number of rotatable bonds is 8. The average Bonchev–Trinajstić information content (AvgIpc) is 2.83. The molecule has 2 aliphatic heterocycles. The van der Waals surface area contributed by atoms with Gasteiger partial charge in [0, 0.05) is 44.5 Å². The molecule has 0 saturated carbocycles. The molecule has 4 rings (SSSR count). The van der Waals surface area contributed by atoms with E-state index < -0.39 is 10.0 Å². The minimum Gasteiger partial charge on any atom is -0.493 e. The number of likely N-dealkylation sites (tertiary alicyclic amines) is 1. The number of anilines is 1. The SMILES string of the molecule is O=S(=O)(c1ccccc1)N1CCN(c2cccc(OCCCN3CCCCC3)c2)CC1. The number of hydrogen-bond acceptors (Lipinski definition) is 5. The van der Waals surface area contributed by atoms with Gasteiger partial charge in [0.25, 0.3) is 0 Å². The van der Waals surface area contributed by atoms with Crippen LogP contribution in [0.4, 0.5) is 5.69 Å². The van der Waals surface area contributed by atoms with E-state index >= 15 is 0 Å². The molecule has 0 atom stereocenters. The van der Waals surface area contributed by atoms with Crippen molar-refractivity contribution in [2.24, 2.45) is 0 Å². The highest BCUT2D eigenvalue weighted by atomic mass is 32.2. The zero-order valence-electron chi connectivity index (χ0n) is 18.2. The molecule has 6 nitrogen and oxygen atoms in total. The fraction of sp³-hybridized carbons (Fsp3) is 0.500. The van der Waals surface area contributed by atoms with Gasteiger partial charge in [-0.25, -0.2) is 8.42 Å². The van der Waals surface area contributed by atoms with Crippen molar-refractivity contribution in [1.82, 2.24) is 9.21 Å². The van der Waals surface area contributed by atoms with Gasteiger partial charge in [-0.3, -0.25) is 0 Å². The van der Waals surface area contributed by atoms with Crippen molar-refractivity contribution < 1.29 is 13.2 Å². The first-order valence-electron chi connectivity index (χ1n) is 11.4. The number of piperazine rings is 1. The van der Waals surface area contributed by atoms with Gasteiger partial charge >= 0.3 is 0 Å². The van der Waals surface area contributed by atoms with Crippen LogP contribution >= 0.6 is 0 Å². The van der Waals surface area contributed by atoms with Crippen LogP contribution in [-0.4, -0.2) is 70.0 Å². The molecule has 2 aromatic rings. The summed E-state index contributed by atoms with van der Waals surface area (Å²) in [5, 5.41) is 0. The van der Waals surface area contributed by atoms with Gasteiger partial charge in [0.2, 0.25) is 10.0 Å². The third kappa shape index (κ3) is 5.79. The quantitative estimate of drug-likeness (QED) is 0.585. The van der Waals surface area contributed by atoms with E-state index in [0.29, 0.717) is 31.1 Å². The maximum atomic E-state index is 12.8. The molecule has 2 saturated heterocycles. The molecule has 2 fully saturated rings. The molecule has 2 heterocycles. The minimum absolute atomic E-state index is 0.364. The summed E-state index contributed by atoms with van der Waals surface area (Å²) < 4.78 is 33.2. The van der Waals surface area contributed by atoms with E-state index in [1.165, 1.54) is 32.4 Å². The molecule has 0 spiro atoms. The van der Waals surface area contributed by atoms with E-state index in [4.69, 9.17) is 4.74 Å². The van der Waals surface area contributed by atoms with Crippen LogP contribution in [-0.2, 0) is 10.0 Å². The van der Waals surface area contributed by atoms with Gasteiger partial charge in [-0.1, -0.05) is 30.7 Å². The maximum Gasteiger partial charge on any atom is 0.243 e. The molecule has 0 unspecified atom stereocenters. The third-order valence-corrected chi connectivity index (χ3v) is 8.05. The summed E-state index contributed by atoms with van der Waals surface area (Å²) in [6.07, 6.45) is 5.05. The summed E-state index contributed by atoms with van der Waals surface area (Å²) in [6.45, 7) is 6.59. The van der Waals surface area contributed by atoms with E-state index in [1.54, 1.807) is 28.6 Å². The highest BCUT2D eigenvalue weighted by molar-refractivity contribution is 7.89.